The van der Waals surface area contributed by atoms with Gasteiger partial charge in [-0.2, -0.15) is 0 Å². The number of benzene rings is 2. The van der Waals surface area contributed by atoms with Gasteiger partial charge >= 0.3 is 114 Å². The van der Waals surface area contributed by atoms with Gasteiger partial charge in [-0.05, 0) is 0 Å². The summed E-state index contributed by atoms with van der Waals surface area (Å²) in [4.78, 5) is 0. The van der Waals surface area contributed by atoms with Crippen molar-refractivity contribution in [3.05, 3.63) is 66.2 Å². The summed E-state index contributed by atoms with van der Waals surface area (Å²) in [5.74, 6) is 5.95. The first-order valence-corrected chi connectivity index (χ1v) is 7.82. The van der Waals surface area contributed by atoms with Gasteiger partial charge in [0.2, 0.25) is 0 Å². The van der Waals surface area contributed by atoms with Gasteiger partial charge in [-0.3, -0.25) is 0 Å². The fourth-order valence-electron chi connectivity index (χ4n) is 1.49. The zero-order chi connectivity index (χ0) is 12.6. The van der Waals surface area contributed by atoms with Crippen molar-refractivity contribution in [2.45, 2.75) is 11.4 Å². The third kappa shape index (κ3) is 4.05. The molecule has 0 bridgehead atoms. The van der Waals surface area contributed by atoms with E-state index >= 15 is 0 Å². The number of hydrogen-bond acceptors (Lipinski definition) is 1. The van der Waals surface area contributed by atoms with Gasteiger partial charge < -0.3 is 0 Å². The molecule has 1 atom stereocenters. The van der Waals surface area contributed by atoms with E-state index in [1.54, 1.807) is 0 Å². The third-order valence-corrected chi connectivity index (χ3v) is 4.28. The van der Waals surface area contributed by atoms with Gasteiger partial charge in [0.15, 0.2) is 0 Å². The van der Waals surface area contributed by atoms with Crippen LogP contribution >= 0.6 is 0 Å². The molecule has 0 radical (unpaired) electrons. The normalized spacial score (nSPS) is 11.4. The summed E-state index contributed by atoms with van der Waals surface area (Å²) in [7, 11) is 0. The SMILES string of the molecule is OC(C#CC[Se]c1ccccc1)c1ccccc1. The molecule has 2 aromatic rings. The van der Waals surface area contributed by atoms with Crippen LogP contribution in [-0.2, 0) is 0 Å². The molecule has 0 aliphatic carbocycles. The molecule has 0 aromatic heterocycles. The van der Waals surface area contributed by atoms with Crippen LogP contribution < -0.4 is 4.46 Å². The number of aliphatic hydroxyl groups excluding tert-OH is 1. The maximum atomic E-state index is 9.85. The molecule has 1 nitrogen and oxygen atoms in total. The van der Waals surface area contributed by atoms with Gasteiger partial charge in [-0.15, -0.1) is 0 Å². The molecular weight excluding hydrogens is 287 g/mol. The Bertz CT molecular complexity index is 525. The van der Waals surface area contributed by atoms with Crippen molar-refractivity contribution in [1.82, 2.24) is 0 Å². The molecule has 0 fully saturated rings. The first kappa shape index (κ1) is 12.9. The second-order valence-corrected chi connectivity index (χ2v) is 5.94. The van der Waals surface area contributed by atoms with Crippen LogP contribution in [-0.4, -0.2) is 20.1 Å². The molecule has 0 saturated heterocycles. The second-order valence-electron chi connectivity index (χ2n) is 3.74. The van der Waals surface area contributed by atoms with Crippen LogP contribution in [0.1, 0.15) is 11.7 Å². The molecule has 1 N–H and O–H groups in total. The van der Waals surface area contributed by atoms with Crippen molar-refractivity contribution in [2.24, 2.45) is 0 Å². The summed E-state index contributed by atoms with van der Waals surface area (Å²) in [5.41, 5.74) is 0.859. The average Bonchev–Trinajstić information content (AvgIpc) is 2.45. The van der Waals surface area contributed by atoms with Crippen molar-refractivity contribution in [2.75, 3.05) is 0 Å². The van der Waals surface area contributed by atoms with Crippen LogP contribution in [0.2, 0.25) is 5.32 Å². The second kappa shape index (κ2) is 7.03. The van der Waals surface area contributed by atoms with E-state index in [0.29, 0.717) is 15.0 Å². The van der Waals surface area contributed by atoms with Crippen LogP contribution in [0.5, 0.6) is 0 Å². The predicted molar refractivity (Wildman–Crippen MR) is 75.8 cm³/mol. The molecule has 90 valence electrons. The number of rotatable bonds is 3. The molecule has 0 heterocycles. The van der Waals surface area contributed by atoms with Gasteiger partial charge in [-0.25, -0.2) is 0 Å². The zero-order valence-corrected chi connectivity index (χ0v) is 11.6. The topological polar surface area (TPSA) is 20.2 Å². The van der Waals surface area contributed by atoms with E-state index in [9.17, 15) is 5.11 Å². The zero-order valence-electron chi connectivity index (χ0n) is 9.91. The van der Waals surface area contributed by atoms with Crippen LogP contribution in [0.4, 0.5) is 0 Å². The Kier molecular flexibility index (Phi) is 5.05. The summed E-state index contributed by atoms with van der Waals surface area (Å²) in [6.45, 7) is 0. The molecule has 0 amide bonds. The Morgan fingerprint density at radius 2 is 1.56 bits per heavy atom. The molecule has 2 heteroatoms. The molecule has 0 aliphatic rings. The number of aliphatic hydroxyl groups is 1. The standard InChI is InChI=1S/C16H14OSe/c17-16(14-8-3-1-4-9-14)12-7-13-18-15-10-5-2-6-11-15/h1-6,8-11,16-17H,13H2. The molecular formula is C16H14OSe. The van der Waals surface area contributed by atoms with E-state index in [1.165, 1.54) is 4.46 Å². The molecule has 0 aliphatic heterocycles. The Hall–Kier alpha value is -1.52. The third-order valence-electron chi connectivity index (χ3n) is 2.41. The Balaban J connectivity index is 1.86. The average molecular weight is 301 g/mol. The van der Waals surface area contributed by atoms with Crippen LogP contribution in [0, 0.1) is 11.8 Å². The van der Waals surface area contributed by atoms with E-state index in [0.717, 1.165) is 10.9 Å². The van der Waals surface area contributed by atoms with E-state index in [1.807, 2.05) is 48.5 Å². The van der Waals surface area contributed by atoms with Gasteiger partial charge in [-0.1, -0.05) is 0 Å². The minimum atomic E-state index is -0.669. The van der Waals surface area contributed by atoms with Gasteiger partial charge in [0.1, 0.15) is 0 Å². The summed E-state index contributed by atoms with van der Waals surface area (Å²) in [5, 5.41) is 10.7. The van der Waals surface area contributed by atoms with Crippen LogP contribution in [0.15, 0.2) is 60.7 Å². The Morgan fingerprint density at radius 1 is 0.944 bits per heavy atom. The molecule has 0 spiro atoms. The number of hydrogen-bond donors (Lipinski definition) is 1. The van der Waals surface area contributed by atoms with Crippen molar-refractivity contribution >= 4 is 19.4 Å². The summed E-state index contributed by atoms with van der Waals surface area (Å²) in [6, 6.07) is 19.9. The first-order chi connectivity index (χ1) is 8.86. The van der Waals surface area contributed by atoms with Crippen LogP contribution in [0.25, 0.3) is 0 Å². The fraction of sp³-hybridized carbons (Fsp3) is 0.125. The quantitative estimate of drug-likeness (QED) is 0.680. The fourth-order valence-corrected chi connectivity index (χ4v) is 2.90. The van der Waals surface area contributed by atoms with E-state index in [4.69, 9.17) is 0 Å². The van der Waals surface area contributed by atoms with Crippen LogP contribution in [0.3, 0.4) is 0 Å². The summed E-state index contributed by atoms with van der Waals surface area (Å²) in [6.07, 6.45) is -0.669. The summed E-state index contributed by atoms with van der Waals surface area (Å²) < 4.78 is 1.34. The first-order valence-electron chi connectivity index (χ1n) is 5.75. The molecule has 18 heavy (non-hydrogen) atoms. The molecule has 2 aromatic carbocycles. The van der Waals surface area contributed by atoms with E-state index < -0.39 is 6.10 Å². The predicted octanol–water partition coefficient (Wildman–Crippen LogP) is 2.17. The Morgan fingerprint density at radius 3 is 2.22 bits per heavy atom. The Labute approximate surface area is 114 Å². The van der Waals surface area contributed by atoms with E-state index in [2.05, 4.69) is 24.0 Å². The van der Waals surface area contributed by atoms with Crippen molar-refractivity contribution in [3.63, 3.8) is 0 Å². The molecule has 0 saturated carbocycles. The van der Waals surface area contributed by atoms with Crippen molar-refractivity contribution < 1.29 is 5.11 Å². The van der Waals surface area contributed by atoms with Gasteiger partial charge in [0, 0.05) is 0 Å². The molecule has 2 rings (SSSR count). The van der Waals surface area contributed by atoms with Crippen molar-refractivity contribution in [1.29, 1.82) is 0 Å². The van der Waals surface area contributed by atoms with E-state index in [-0.39, 0.29) is 0 Å². The maximum absolute atomic E-state index is 9.85. The molecule has 1 unspecified atom stereocenters. The van der Waals surface area contributed by atoms with Gasteiger partial charge in [0.05, 0.1) is 0 Å². The monoisotopic (exact) mass is 302 g/mol. The summed E-state index contributed by atoms with van der Waals surface area (Å²) >= 11 is 0.366. The van der Waals surface area contributed by atoms with Gasteiger partial charge in [0.25, 0.3) is 0 Å². The minimum absolute atomic E-state index is 0.366. The van der Waals surface area contributed by atoms with Crippen molar-refractivity contribution in [3.8, 4) is 11.8 Å².